The second kappa shape index (κ2) is 7.18. The fourth-order valence-corrected chi connectivity index (χ4v) is 2.35. The van der Waals surface area contributed by atoms with Crippen LogP contribution < -0.4 is 10.6 Å². The Morgan fingerprint density at radius 1 is 1.14 bits per heavy atom. The van der Waals surface area contributed by atoms with E-state index in [0.717, 1.165) is 6.42 Å². The molecule has 2 N–H and O–H groups in total. The number of halogens is 1. The maximum Gasteiger partial charge on any atom is 0.171 e. The Bertz CT molecular complexity index is 610. The molecule has 2 rings (SSSR count). The summed E-state index contributed by atoms with van der Waals surface area (Å²) < 4.78 is 13.6. The molecule has 110 valence electrons. The van der Waals surface area contributed by atoms with Gasteiger partial charge in [-0.2, -0.15) is 0 Å². The summed E-state index contributed by atoms with van der Waals surface area (Å²) in [5.74, 6) is -0.315. The van der Waals surface area contributed by atoms with Gasteiger partial charge in [0.25, 0.3) is 0 Å². The van der Waals surface area contributed by atoms with Gasteiger partial charge in [0.15, 0.2) is 5.11 Å². The summed E-state index contributed by atoms with van der Waals surface area (Å²) in [5, 5.41) is 6.56. The molecule has 0 aliphatic carbocycles. The average molecular weight is 302 g/mol. The molecule has 2 nitrogen and oxygen atoms in total. The van der Waals surface area contributed by atoms with E-state index < -0.39 is 0 Å². The van der Waals surface area contributed by atoms with Crippen molar-refractivity contribution in [2.24, 2.45) is 0 Å². The molecular weight excluding hydrogens is 283 g/mol. The maximum absolute atomic E-state index is 13.6. The molecule has 0 heterocycles. The third kappa shape index (κ3) is 4.26. The molecule has 0 bridgehead atoms. The molecule has 2 aromatic carbocycles. The highest BCUT2D eigenvalue weighted by atomic mass is 32.1. The lowest BCUT2D eigenvalue weighted by atomic mass is 10.0. The molecule has 0 aliphatic rings. The fraction of sp³-hybridized carbons (Fsp3) is 0.235. The van der Waals surface area contributed by atoms with Gasteiger partial charge in [0.2, 0.25) is 0 Å². The number of para-hydroxylation sites is 1. The van der Waals surface area contributed by atoms with Gasteiger partial charge in [-0.25, -0.2) is 4.39 Å². The van der Waals surface area contributed by atoms with Crippen molar-refractivity contribution in [1.29, 1.82) is 0 Å². The standard InChI is InChI=1S/C17H19FN2S/c1-3-15(13-10-8-12(2)9-11-13)19-17(21)20-16-7-5-4-6-14(16)18/h4-11,15H,3H2,1-2H3,(H2,19,20,21). The zero-order valence-corrected chi connectivity index (χ0v) is 13.0. The first-order valence-electron chi connectivity index (χ1n) is 6.98. The van der Waals surface area contributed by atoms with Crippen molar-refractivity contribution >= 4 is 23.0 Å². The van der Waals surface area contributed by atoms with Crippen molar-refractivity contribution in [1.82, 2.24) is 5.32 Å². The lowest BCUT2D eigenvalue weighted by Gasteiger charge is -2.20. The van der Waals surface area contributed by atoms with E-state index in [4.69, 9.17) is 12.2 Å². The normalized spacial score (nSPS) is 11.8. The number of nitrogens with one attached hydrogen (secondary N) is 2. The van der Waals surface area contributed by atoms with E-state index in [1.165, 1.54) is 17.2 Å². The summed E-state index contributed by atoms with van der Waals surface area (Å²) in [6, 6.07) is 14.9. The van der Waals surface area contributed by atoms with Gasteiger partial charge in [0, 0.05) is 0 Å². The zero-order valence-electron chi connectivity index (χ0n) is 12.2. The van der Waals surface area contributed by atoms with E-state index in [-0.39, 0.29) is 11.9 Å². The molecule has 0 saturated carbocycles. The van der Waals surface area contributed by atoms with Crippen LogP contribution in [0.15, 0.2) is 48.5 Å². The molecule has 4 heteroatoms. The predicted molar refractivity (Wildman–Crippen MR) is 90.0 cm³/mol. The molecule has 2 aromatic rings. The zero-order chi connectivity index (χ0) is 15.2. The first kappa shape index (κ1) is 15.4. The minimum Gasteiger partial charge on any atom is -0.356 e. The molecule has 1 unspecified atom stereocenters. The van der Waals surface area contributed by atoms with Crippen LogP contribution in [0, 0.1) is 12.7 Å². The lowest BCUT2D eigenvalue weighted by Crippen LogP contribution is -2.32. The molecule has 1 atom stereocenters. The van der Waals surface area contributed by atoms with Crippen LogP contribution in [0.1, 0.15) is 30.5 Å². The largest absolute Gasteiger partial charge is 0.356 e. The second-order valence-corrected chi connectivity index (χ2v) is 5.36. The number of hydrogen-bond acceptors (Lipinski definition) is 1. The number of anilines is 1. The monoisotopic (exact) mass is 302 g/mol. The topological polar surface area (TPSA) is 24.1 Å². The average Bonchev–Trinajstić information content (AvgIpc) is 2.48. The van der Waals surface area contributed by atoms with Gasteiger partial charge in [0.05, 0.1) is 11.7 Å². The second-order valence-electron chi connectivity index (χ2n) is 4.95. The number of benzene rings is 2. The Kier molecular flexibility index (Phi) is 5.28. The van der Waals surface area contributed by atoms with Crippen molar-refractivity contribution in [3.63, 3.8) is 0 Å². The highest BCUT2D eigenvalue weighted by Gasteiger charge is 2.11. The van der Waals surface area contributed by atoms with E-state index >= 15 is 0 Å². The van der Waals surface area contributed by atoms with Gasteiger partial charge >= 0.3 is 0 Å². The minimum absolute atomic E-state index is 0.109. The van der Waals surface area contributed by atoms with Crippen LogP contribution >= 0.6 is 12.2 Å². The number of rotatable bonds is 4. The van der Waals surface area contributed by atoms with Crippen LogP contribution in [0.3, 0.4) is 0 Å². The fourth-order valence-electron chi connectivity index (χ4n) is 2.10. The first-order chi connectivity index (χ1) is 10.1. The summed E-state index contributed by atoms with van der Waals surface area (Å²) in [4.78, 5) is 0. The van der Waals surface area contributed by atoms with Crippen LogP contribution in [-0.4, -0.2) is 5.11 Å². The Labute approximate surface area is 130 Å². The summed E-state index contributed by atoms with van der Waals surface area (Å²) in [6.07, 6.45) is 0.891. The van der Waals surface area contributed by atoms with Crippen molar-refractivity contribution in [3.05, 3.63) is 65.5 Å². The van der Waals surface area contributed by atoms with Crippen molar-refractivity contribution in [3.8, 4) is 0 Å². The Balaban J connectivity index is 2.03. The summed E-state index contributed by atoms with van der Waals surface area (Å²) >= 11 is 5.28. The van der Waals surface area contributed by atoms with Crippen LogP contribution in [0.4, 0.5) is 10.1 Å². The molecule has 0 saturated heterocycles. The first-order valence-corrected chi connectivity index (χ1v) is 7.39. The molecule has 0 amide bonds. The van der Waals surface area contributed by atoms with Gasteiger partial charge < -0.3 is 10.6 Å². The molecular formula is C17H19FN2S. The molecule has 21 heavy (non-hydrogen) atoms. The quantitative estimate of drug-likeness (QED) is 0.809. The van der Waals surface area contributed by atoms with Crippen LogP contribution in [0.25, 0.3) is 0 Å². The van der Waals surface area contributed by atoms with Crippen molar-refractivity contribution < 1.29 is 4.39 Å². The Morgan fingerprint density at radius 3 is 2.43 bits per heavy atom. The van der Waals surface area contributed by atoms with Crippen LogP contribution in [0.5, 0.6) is 0 Å². The Hall–Kier alpha value is -1.94. The van der Waals surface area contributed by atoms with Crippen LogP contribution in [-0.2, 0) is 0 Å². The van der Waals surface area contributed by atoms with E-state index in [2.05, 4.69) is 48.7 Å². The smallest absolute Gasteiger partial charge is 0.171 e. The number of hydrogen-bond donors (Lipinski definition) is 2. The summed E-state index contributed by atoms with van der Waals surface area (Å²) in [5.41, 5.74) is 2.77. The molecule has 0 spiro atoms. The third-order valence-corrected chi connectivity index (χ3v) is 3.54. The summed E-state index contributed by atoms with van der Waals surface area (Å²) in [6.45, 7) is 4.14. The van der Waals surface area contributed by atoms with Crippen molar-refractivity contribution in [2.75, 3.05) is 5.32 Å². The van der Waals surface area contributed by atoms with E-state index in [1.54, 1.807) is 18.2 Å². The predicted octanol–water partition coefficient (Wildman–Crippen LogP) is 4.57. The Morgan fingerprint density at radius 2 is 1.81 bits per heavy atom. The summed E-state index contributed by atoms with van der Waals surface area (Å²) in [7, 11) is 0. The SMILES string of the molecule is CCC(NC(=S)Nc1ccccc1F)c1ccc(C)cc1. The third-order valence-electron chi connectivity index (χ3n) is 3.32. The van der Waals surface area contributed by atoms with E-state index in [9.17, 15) is 4.39 Å². The molecule has 0 fully saturated rings. The van der Waals surface area contributed by atoms with Crippen LogP contribution in [0.2, 0.25) is 0 Å². The molecule has 0 radical (unpaired) electrons. The van der Waals surface area contributed by atoms with Gasteiger partial charge in [-0.3, -0.25) is 0 Å². The van der Waals surface area contributed by atoms with Crippen molar-refractivity contribution in [2.45, 2.75) is 26.3 Å². The number of aryl methyl sites for hydroxylation is 1. The molecule has 0 aliphatic heterocycles. The highest BCUT2D eigenvalue weighted by Crippen LogP contribution is 2.18. The number of thiocarbonyl (C=S) groups is 1. The van der Waals surface area contributed by atoms with E-state index in [0.29, 0.717) is 10.8 Å². The maximum atomic E-state index is 13.6. The van der Waals surface area contributed by atoms with Gasteiger partial charge in [-0.15, -0.1) is 0 Å². The van der Waals surface area contributed by atoms with Gasteiger partial charge in [-0.05, 0) is 43.3 Å². The minimum atomic E-state index is -0.315. The van der Waals surface area contributed by atoms with Gasteiger partial charge in [-0.1, -0.05) is 48.9 Å². The molecule has 0 aromatic heterocycles. The van der Waals surface area contributed by atoms with Gasteiger partial charge in [0.1, 0.15) is 5.82 Å². The van der Waals surface area contributed by atoms with E-state index in [1.807, 2.05) is 0 Å². The highest BCUT2D eigenvalue weighted by molar-refractivity contribution is 7.80. The lowest BCUT2D eigenvalue weighted by molar-refractivity contribution is 0.624.